The SMILES string of the molecule is CC(C)C(=O)C1Cc2nc(-c3ccc(Cl)c(P)c3)cc(C(C)(C)C)c2O1.CCCC.CCCC(=O)C(C)(C)C.Cc1ccccn1. The van der Waals surface area contributed by atoms with Gasteiger partial charge in [-0.15, -0.1) is 9.24 Å². The molecule has 0 saturated heterocycles. The van der Waals surface area contributed by atoms with Gasteiger partial charge in [0.2, 0.25) is 0 Å². The number of aryl methyl sites for hydroxylation is 1. The van der Waals surface area contributed by atoms with Crippen LogP contribution < -0.4 is 10.0 Å². The molecule has 0 fully saturated rings. The maximum atomic E-state index is 12.4. The van der Waals surface area contributed by atoms with Crippen LogP contribution >= 0.6 is 20.8 Å². The van der Waals surface area contributed by atoms with Crippen molar-refractivity contribution < 1.29 is 14.3 Å². The van der Waals surface area contributed by atoms with Crippen LogP contribution in [0.25, 0.3) is 11.3 Å². The topological polar surface area (TPSA) is 69.2 Å². The predicted octanol–water partition coefficient (Wildman–Crippen LogP) is 10.3. The Balaban J connectivity index is 0.000000429. The third-order valence-electron chi connectivity index (χ3n) is 7.29. The molecular formula is C39H58ClN2O3P. The number of carbonyl (C=O) groups is 2. The van der Waals surface area contributed by atoms with E-state index in [0.717, 1.165) is 52.1 Å². The smallest absolute Gasteiger partial charge is 0.176 e. The summed E-state index contributed by atoms with van der Waals surface area (Å²) >= 11 is 6.15. The maximum absolute atomic E-state index is 12.4. The number of halogens is 1. The van der Waals surface area contributed by atoms with Crippen molar-refractivity contribution in [3.63, 3.8) is 0 Å². The number of hydrogen-bond donors (Lipinski definition) is 0. The second-order valence-electron chi connectivity index (χ2n) is 14.1. The molecule has 2 atom stereocenters. The number of benzene rings is 1. The van der Waals surface area contributed by atoms with Crippen LogP contribution in [0.1, 0.15) is 119 Å². The summed E-state index contributed by atoms with van der Waals surface area (Å²) in [6, 6.07) is 13.8. The number of fused-ring (bicyclic) bond motifs is 1. The van der Waals surface area contributed by atoms with E-state index in [2.05, 4.69) is 54.9 Å². The van der Waals surface area contributed by atoms with Crippen molar-refractivity contribution in [2.45, 2.75) is 127 Å². The fourth-order valence-corrected chi connectivity index (χ4v) is 4.60. The fraction of sp³-hybridized carbons (Fsp3) is 0.538. The van der Waals surface area contributed by atoms with Crippen molar-refractivity contribution in [3.8, 4) is 17.0 Å². The molecule has 1 aliphatic heterocycles. The minimum Gasteiger partial charge on any atom is -0.480 e. The summed E-state index contributed by atoms with van der Waals surface area (Å²) in [6.07, 6.45) is 6.22. The van der Waals surface area contributed by atoms with Crippen molar-refractivity contribution in [1.82, 2.24) is 9.97 Å². The Morgan fingerprint density at radius 1 is 0.978 bits per heavy atom. The highest BCUT2D eigenvalue weighted by Crippen LogP contribution is 2.41. The quantitative estimate of drug-likeness (QED) is 0.245. The highest BCUT2D eigenvalue weighted by molar-refractivity contribution is 7.28. The Labute approximate surface area is 286 Å². The lowest BCUT2D eigenvalue weighted by Crippen LogP contribution is -2.29. The number of unbranched alkanes of at least 4 members (excludes halogenated alkanes) is 1. The van der Waals surface area contributed by atoms with Crippen LogP contribution in [0.2, 0.25) is 5.02 Å². The lowest BCUT2D eigenvalue weighted by molar-refractivity contribution is -0.128. The van der Waals surface area contributed by atoms with Gasteiger partial charge in [-0.2, -0.15) is 0 Å². The Morgan fingerprint density at radius 3 is 2.00 bits per heavy atom. The molecule has 1 aromatic carbocycles. The van der Waals surface area contributed by atoms with E-state index < -0.39 is 6.10 Å². The molecule has 0 bridgehead atoms. The molecular weight excluding hydrogens is 611 g/mol. The zero-order chi connectivity index (χ0) is 35.2. The molecule has 254 valence electrons. The van der Waals surface area contributed by atoms with E-state index in [1.54, 1.807) is 6.20 Å². The molecule has 0 saturated carbocycles. The van der Waals surface area contributed by atoms with Gasteiger partial charge in [0.15, 0.2) is 11.9 Å². The average Bonchev–Trinajstić information content (AvgIpc) is 3.42. The number of ether oxygens (including phenoxy) is 1. The van der Waals surface area contributed by atoms with Gasteiger partial charge in [-0.05, 0) is 54.4 Å². The van der Waals surface area contributed by atoms with E-state index in [0.29, 0.717) is 17.2 Å². The zero-order valence-corrected chi connectivity index (χ0v) is 32.3. The number of hydrogen-bond acceptors (Lipinski definition) is 5. The Hall–Kier alpha value is -2.62. The Kier molecular flexibility index (Phi) is 17.3. The largest absolute Gasteiger partial charge is 0.480 e. The first-order valence-corrected chi connectivity index (χ1v) is 17.5. The van der Waals surface area contributed by atoms with Crippen LogP contribution in [0.15, 0.2) is 48.7 Å². The molecule has 0 N–H and O–H groups in total. The molecule has 3 aromatic rings. The molecule has 0 radical (unpaired) electrons. The average molecular weight is 669 g/mol. The van der Waals surface area contributed by atoms with Gasteiger partial charge in [-0.3, -0.25) is 14.6 Å². The summed E-state index contributed by atoms with van der Waals surface area (Å²) in [5.41, 5.74) is 4.66. The van der Waals surface area contributed by atoms with E-state index in [4.69, 9.17) is 21.3 Å². The number of carbonyl (C=O) groups excluding carboxylic acids is 2. The van der Waals surface area contributed by atoms with E-state index >= 15 is 0 Å². The van der Waals surface area contributed by atoms with Crippen LogP contribution in [-0.2, 0) is 21.4 Å². The second kappa shape index (κ2) is 19.3. The Bertz CT molecular complexity index is 1390. The molecule has 0 aliphatic carbocycles. The number of aromatic nitrogens is 2. The third kappa shape index (κ3) is 13.6. The maximum Gasteiger partial charge on any atom is 0.176 e. The van der Waals surface area contributed by atoms with E-state index in [1.807, 2.05) is 84.9 Å². The Morgan fingerprint density at radius 2 is 1.61 bits per heavy atom. The summed E-state index contributed by atoms with van der Waals surface area (Å²) < 4.78 is 6.08. The van der Waals surface area contributed by atoms with Crippen LogP contribution in [0.3, 0.4) is 0 Å². The number of rotatable bonds is 6. The predicted molar refractivity (Wildman–Crippen MR) is 200 cm³/mol. The van der Waals surface area contributed by atoms with Crippen LogP contribution in [0, 0.1) is 18.3 Å². The van der Waals surface area contributed by atoms with Gasteiger partial charge in [0.1, 0.15) is 11.5 Å². The second-order valence-corrected chi connectivity index (χ2v) is 15.1. The van der Waals surface area contributed by atoms with Crippen LogP contribution in [0.4, 0.5) is 0 Å². The molecule has 0 amide bonds. The lowest BCUT2D eigenvalue weighted by atomic mass is 9.85. The third-order valence-corrected chi connectivity index (χ3v) is 8.30. The molecule has 0 spiro atoms. The van der Waals surface area contributed by atoms with Gasteiger partial charge in [-0.25, -0.2) is 4.98 Å². The summed E-state index contributed by atoms with van der Waals surface area (Å²) in [6.45, 7) is 24.5. The van der Waals surface area contributed by atoms with Gasteiger partial charge < -0.3 is 4.74 Å². The summed E-state index contributed by atoms with van der Waals surface area (Å²) in [7, 11) is 2.65. The molecule has 4 rings (SSSR count). The first-order valence-electron chi connectivity index (χ1n) is 16.6. The van der Waals surface area contributed by atoms with Crippen molar-refractivity contribution in [1.29, 1.82) is 0 Å². The van der Waals surface area contributed by atoms with Gasteiger partial charge >= 0.3 is 0 Å². The highest BCUT2D eigenvalue weighted by Gasteiger charge is 2.36. The van der Waals surface area contributed by atoms with Crippen molar-refractivity contribution in [3.05, 3.63) is 70.6 Å². The minimum absolute atomic E-state index is 0.0530. The van der Waals surface area contributed by atoms with E-state index in [-0.39, 0.29) is 22.5 Å². The standard InChI is InChI=1S/C21H25ClNO2P.C8H16O.C6H7N.C4H10/c1-11(2)19(24)17-10-16-20(25-17)13(21(3,4)5)9-15(23-16)12-6-7-14(22)18(26)8-12;1-5-6-7(9)8(2,3)4;1-6-4-2-3-5-7-6;1-3-4-2/h6-9,11,17H,10,26H2,1-5H3;5-6H2,1-4H3;2-5H,1H3;3-4H2,1-2H3. The zero-order valence-electron chi connectivity index (χ0n) is 30.4. The first-order chi connectivity index (χ1) is 21.4. The monoisotopic (exact) mass is 668 g/mol. The number of pyridine rings is 2. The highest BCUT2D eigenvalue weighted by atomic mass is 35.5. The number of Topliss-reactive ketones (excluding diaryl/α,β-unsaturated/α-hetero) is 2. The number of ketones is 2. The minimum atomic E-state index is -0.434. The molecule has 2 aromatic heterocycles. The van der Waals surface area contributed by atoms with Gasteiger partial charge in [-0.1, -0.05) is 113 Å². The molecule has 2 unspecified atom stereocenters. The van der Waals surface area contributed by atoms with Crippen molar-refractivity contribution >= 4 is 37.7 Å². The van der Waals surface area contributed by atoms with Gasteiger partial charge in [0.25, 0.3) is 0 Å². The van der Waals surface area contributed by atoms with Gasteiger partial charge in [0, 0.05) is 52.2 Å². The summed E-state index contributed by atoms with van der Waals surface area (Å²) in [5.74, 6) is 1.22. The first kappa shape index (κ1) is 41.4. The van der Waals surface area contributed by atoms with Crippen molar-refractivity contribution in [2.24, 2.45) is 11.3 Å². The normalized spacial score (nSPS) is 13.6. The van der Waals surface area contributed by atoms with Crippen molar-refractivity contribution in [2.75, 3.05) is 0 Å². The van der Waals surface area contributed by atoms with E-state index in [1.165, 1.54) is 12.8 Å². The molecule has 5 nitrogen and oxygen atoms in total. The van der Waals surface area contributed by atoms with E-state index in [9.17, 15) is 9.59 Å². The fourth-order valence-electron chi connectivity index (χ4n) is 4.20. The summed E-state index contributed by atoms with van der Waals surface area (Å²) in [4.78, 5) is 32.3. The molecule has 46 heavy (non-hydrogen) atoms. The van der Waals surface area contributed by atoms with Crippen LogP contribution in [-0.4, -0.2) is 27.6 Å². The van der Waals surface area contributed by atoms with Crippen LogP contribution in [0.5, 0.6) is 5.75 Å². The lowest BCUT2D eigenvalue weighted by Gasteiger charge is -2.23. The molecule has 3 heterocycles. The molecule has 7 heteroatoms. The van der Waals surface area contributed by atoms with Gasteiger partial charge in [0.05, 0.1) is 11.4 Å². The molecule has 1 aliphatic rings. The number of nitrogens with zero attached hydrogens (tertiary/aromatic N) is 2. The summed E-state index contributed by atoms with van der Waals surface area (Å²) in [5, 5.41) is 1.65.